The summed E-state index contributed by atoms with van der Waals surface area (Å²) in [6, 6.07) is 6.81. The molecule has 256 valence electrons. The number of hydrogen-bond donors (Lipinski definition) is 3. The van der Waals surface area contributed by atoms with Crippen LogP contribution in [-0.4, -0.2) is 52.2 Å². The fourth-order valence-corrected chi connectivity index (χ4v) is 7.44. The maximum absolute atomic E-state index is 14.2. The van der Waals surface area contributed by atoms with Crippen LogP contribution >= 0.6 is 0 Å². The van der Waals surface area contributed by atoms with E-state index in [4.69, 9.17) is 5.73 Å². The minimum atomic E-state index is -4.63. The van der Waals surface area contributed by atoms with Crippen LogP contribution in [0, 0.1) is 17.3 Å². The molecule has 3 aliphatic rings. The second kappa shape index (κ2) is 13.3. The minimum Gasteiger partial charge on any atom is -0.385 e. The molecule has 2 bridgehead atoms. The van der Waals surface area contributed by atoms with Crippen molar-refractivity contribution in [3.8, 4) is 11.4 Å². The van der Waals surface area contributed by atoms with Crippen LogP contribution in [0.1, 0.15) is 70.6 Å². The first kappa shape index (κ1) is 33.5. The molecule has 1 saturated carbocycles. The summed E-state index contributed by atoms with van der Waals surface area (Å²) < 4.78 is 42.6. The highest BCUT2D eigenvalue weighted by molar-refractivity contribution is 5.82. The van der Waals surface area contributed by atoms with Crippen LogP contribution in [0.15, 0.2) is 55.5 Å². The molecule has 2 unspecified atom stereocenters. The van der Waals surface area contributed by atoms with Crippen molar-refractivity contribution in [3.63, 3.8) is 0 Å². The summed E-state index contributed by atoms with van der Waals surface area (Å²) in [6.45, 7) is 18.4. The Bertz CT molecular complexity index is 1650. The number of allylic oxidation sites excluding steroid dienone is 1. The molecule has 9 nitrogen and oxygen atoms in total. The number of hydrogen-bond acceptors (Lipinski definition) is 9. The summed E-state index contributed by atoms with van der Waals surface area (Å²) in [5, 5.41) is 7.02. The summed E-state index contributed by atoms with van der Waals surface area (Å²) in [5.41, 5.74) is 7.64. The molecule has 12 heteroatoms. The molecule has 0 spiro atoms. The zero-order chi connectivity index (χ0) is 34.2. The molecule has 3 aromatic rings. The largest absolute Gasteiger partial charge is 0.418 e. The predicted octanol–water partition coefficient (Wildman–Crippen LogP) is 7.36. The van der Waals surface area contributed by atoms with Gasteiger partial charge in [-0.15, -0.1) is 0 Å². The van der Waals surface area contributed by atoms with Crippen molar-refractivity contribution in [2.75, 3.05) is 47.0 Å². The van der Waals surface area contributed by atoms with Crippen molar-refractivity contribution in [1.82, 2.24) is 25.3 Å². The number of nitrogens with zero attached hydrogens (tertiary/aromatic N) is 6. The number of halogens is 3. The second-order valence-electron chi connectivity index (χ2n) is 14.6. The maximum Gasteiger partial charge on any atom is 0.418 e. The third-order valence-electron chi connectivity index (χ3n) is 9.54. The average Bonchev–Trinajstić information content (AvgIpc) is 3.25. The number of alkyl halides is 3. The third kappa shape index (κ3) is 7.37. The topological polar surface area (TPSA) is 108 Å². The number of piperidine rings is 2. The Kier molecular flexibility index (Phi) is 9.28. The van der Waals surface area contributed by atoms with Crippen LogP contribution < -0.4 is 26.2 Å². The standard InChI is InChI=1S/C36H46F3N9/c1-22(18-35(3,4)5)43-31-24-11-12-25(31)21-48(20-24)28-10-9-15-41-34(28)44-23(2)30-33(40)42-19-27(45-30)32-26(36(37,38)39)13-14-29(46-32)47-16-7-6-8-17-47/h9-10,13-15,19,24-25,31,43H,1-2,6-8,11-12,16-18,20-21H2,3-5H3,(H2,40,42)(H,41,44). The lowest BCUT2D eigenvalue weighted by Crippen LogP contribution is -2.51. The Hall–Kier alpha value is -4.35. The molecule has 2 aliphatic heterocycles. The lowest BCUT2D eigenvalue weighted by molar-refractivity contribution is -0.137. The number of rotatable bonds is 9. The summed E-state index contributed by atoms with van der Waals surface area (Å²) in [5.74, 6) is 2.02. The third-order valence-corrected chi connectivity index (χ3v) is 9.54. The first-order chi connectivity index (χ1) is 22.8. The number of nitrogens with one attached hydrogen (secondary N) is 2. The molecular formula is C36H46F3N9. The van der Waals surface area contributed by atoms with Gasteiger partial charge >= 0.3 is 6.18 Å². The van der Waals surface area contributed by atoms with Gasteiger partial charge in [-0.3, -0.25) is 0 Å². The molecule has 6 rings (SSSR count). The Morgan fingerprint density at radius 2 is 1.67 bits per heavy atom. The average molecular weight is 662 g/mol. The van der Waals surface area contributed by atoms with Gasteiger partial charge < -0.3 is 26.2 Å². The SMILES string of the molecule is C=C(CC(C)(C)C)NC1C2CCC1CN(c1cccnc1NC(=C)c1nc(-c3nc(N4CCCCC4)ccc3C(F)(F)F)cnc1N)C2. The van der Waals surface area contributed by atoms with Gasteiger partial charge in [0, 0.05) is 44.1 Å². The van der Waals surface area contributed by atoms with Gasteiger partial charge in [-0.05, 0) is 80.0 Å². The van der Waals surface area contributed by atoms with Crippen molar-refractivity contribution in [3.05, 3.63) is 66.8 Å². The lowest BCUT2D eigenvalue weighted by atomic mass is 9.88. The molecule has 3 fully saturated rings. The Morgan fingerprint density at radius 1 is 0.958 bits per heavy atom. The van der Waals surface area contributed by atoms with Crippen LogP contribution in [0.3, 0.4) is 0 Å². The van der Waals surface area contributed by atoms with Crippen molar-refractivity contribution in [1.29, 1.82) is 0 Å². The molecule has 48 heavy (non-hydrogen) atoms. The van der Waals surface area contributed by atoms with Crippen LogP contribution in [0.2, 0.25) is 0 Å². The van der Waals surface area contributed by atoms with Gasteiger partial charge in [-0.1, -0.05) is 33.9 Å². The molecule has 2 atom stereocenters. The molecule has 0 amide bonds. The zero-order valence-corrected chi connectivity index (χ0v) is 28.1. The van der Waals surface area contributed by atoms with E-state index in [1.54, 1.807) is 6.20 Å². The van der Waals surface area contributed by atoms with E-state index in [0.29, 0.717) is 29.5 Å². The monoisotopic (exact) mass is 661 g/mol. The number of pyridine rings is 2. The first-order valence-corrected chi connectivity index (χ1v) is 16.8. The second-order valence-corrected chi connectivity index (χ2v) is 14.6. The zero-order valence-electron chi connectivity index (χ0n) is 28.1. The van der Waals surface area contributed by atoms with Crippen LogP contribution in [-0.2, 0) is 6.18 Å². The van der Waals surface area contributed by atoms with Gasteiger partial charge in [0.25, 0.3) is 0 Å². The Morgan fingerprint density at radius 3 is 2.33 bits per heavy atom. The quantitative estimate of drug-likeness (QED) is 0.217. The number of aromatic nitrogens is 4. The number of anilines is 4. The molecular weight excluding hydrogens is 615 g/mol. The molecule has 3 aromatic heterocycles. The smallest absolute Gasteiger partial charge is 0.385 e. The van der Waals surface area contributed by atoms with E-state index in [0.717, 1.165) is 82.2 Å². The van der Waals surface area contributed by atoms with E-state index < -0.39 is 11.7 Å². The fourth-order valence-electron chi connectivity index (χ4n) is 7.44. The van der Waals surface area contributed by atoms with E-state index in [1.807, 2.05) is 17.0 Å². The predicted molar refractivity (Wildman–Crippen MR) is 186 cm³/mol. The highest BCUT2D eigenvalue weighted by atomic mass is 19.4. The van der Waals surface area contributed by atoms with Gasteiger partial charge in [-0.25, -0.2) is 19.9 Å². The van der Waals surface area contributed by atoms with Crippen molar-refractivity contribution < 1.29 is 13.2 Å². The normalized spacial score (nSPS) is 21.2. The highest BCUT2D eigenvalue weighted by Crippen LogP contribution is 2.42. The van der Waals surface area contributed by atoms with E-state index in [-0.39, 0.29) is 34.0 Å². The van der Waals surface area contributed by atoms with Crippen molar-refractivity contribution >= 4 is 28.8 Å². The summed E-state index contributed by atoms with van der Waals surface area (Å²) in [4.78, 5) is 22.2. The minimum absolute atomic E-state index is 0.0335. The fraction of sp³-hybridized carbons (Fsp3) is 0.500. The number of nitrogen functional groups attached to an aromatic ring is 1. The van der Waals surface area contributed by atoms with E-state index in [1.165, 1.54) is 12.3 Å². The van der Waals surface area contributed by atoms with Crippen LogP contribution in [0.5, 0.6) is 0 Å². The summed E-state index contributed by atoms with van der Waals surface area (Å²) in [6.07, 6.45) is 4.53. The van der Waals surface area contributed by atoms with Gasteiger partial charge in [-0.2, -0.15) is 13.2 Å². The summed E-state index contributed by atoms with van der Waals surface area (Å²) in [7, 11) is 0. The van der Waals surface area contributed by atoms with E-state index in [9.17, 15) is 13.2 Å². The van der Waals surface area contributed by atoms with E-state index in [2.05, 4.69) is 69.4 Å². The Balaban J connectivity index is 1.23. The Labute approximate surface area is 281 Å². The van der Waals surface area contributed by atoms with Gasteiger partial charge in [0.15, 0.2) is 11.6 Å². The van der Waals surface area contributed by atoms with E-state index >= 15 is 0 Å². The molecule has 5 heterocycles. The number of fused-ring (bicyclic) bond motifs is 2. The van der Waals surface area contributed by atoms with Gasteiger partial charge in [0.1, 0.15) is 22.9 Å². The molecule has 4 N–H and O–H groups in total. The molecule has 2 saturated heterocycles. The highest BCUT2D eigenvalue weighted by Gasteiger charge is 2.43. The molecule has 0 aromatic carbocycles. The van der Waals surface area contributed by atoms with Crippen molar-refractivity contribution in [2.45, 2.75) is 71.5 Å². The first-order valence-electron chi connectivity index (χ1n) is 16.8. The molecule has 1 aliphatic carbocycles. The maximum atomic E-state index is 14.2. The molecule has 0 radical (unpaired) electrons. The number of nitrogens with two attached hydrogens (primary N) is 1. The lowest BCUT2D eigenvalue weighted by Gasteiger charge is -2.41. The van der Waals surface area contributed by atoms with Gasteiger partial charge in [0.2, 0.25) is 0 Å². The van der Waals surface area contributed by atoms with Crippen LogP contribution in [0.4, 0.5) is 36.3 Å². The van der Waals surface area contributed by atoms with Crippen LogP contribution in [0.25, 0.3) is 17.1 Å². The van der Waals surface area contributed by atoms with Crippen molar-refractivity contribution in [2.24, 2.45) is 17.3 Å². The summed E-state index contributed by atoms with van der Waals surface area (Å²) >= 11 is 0. The van der Waals surface area contributed by atoms with Gasteiger partial charge in [0.05, 0.1) is 23.1 Å².